The minimum absolute atomic E-state index is 0.00789. The maximum Gasteiger partial charge on any atom is 0.309 e. The number of benzene rings is 2. The summed E-state index contributed by atoms with van der Waals surface area (Å²) in [5.41, 5.74) is 2.46. The molecule has 0 unspecified atom stereocenters. The average Bonchev–Trinajstić information content (AvgIpc) is 3.10. The predicted molar refractivity (Wildman–Crippen MR) is 132 cm³/mol. The Bertz CT molecular complexity index is 1150. The van der Waals surface area contributed by atoms with E-state index in [0.717, 1.165) is 18.4 Å². The molecule has 2 aliphatic heterocycles. The molecule has 36 heavy (non-hydrogen) atoms. The van der Waals surface area contributed by atoms with Gasteiger partial charge in [0, 0.05) is 18.7 Å². The molecule has 0 radical (unpaired) electrons. The standard InChI is InChI=1S/C26H29ClFN3O5/c1-2-3-11-30-25(34)18-5-4-16(13-21(18)28)14-31-24-17-10-12-29-15-26(19(17)6-7-20(24)27)35-22(32)8-9-23(33)36-26/h4-7,13,29,31H,2-3,8-12,14-15H2,1H3,(H,30,34). The maximum absolute atomic E-state index is 14.7. The third-order valence-electron chi connectivity index (χ3n) is 6.24. The van der Waals surface area contributed by atoms with Gasteiger partial charge in [-0.25, -0.2) is 4.39 Å². The van der Waals surface area contributed by atoms with E-state index in [4.69, 9.17) is 21.1 Å². The quantitative estimate of drug-likeness (QED) is 0.379. The molecule has 1 fully saturated rings. The van der Waals surface area contributed by atoms with Crippen molar-refractivity contribution in [3.63, 3.8) is 0 Å². The first-order valence-corrected chi connectivity index (χ1v) is 12.5. The second kappa shape index (κ2) is 11.3. The molecule has 4 rings (SSSR count). The highest BCUT2D eigenvalue weighted by atomic mass is 35.5. The number of halogens is 2. The van der Waals surface area contributed by atoms with E-state index >= 15 is 0 Å². The van der Waals surface area contributed by atoms with Crippen molar-refractivity contribution in [1.29, 1.82) is 0 Å². The van der Waals surface area contributed by atoms with Crippen LogP contribution in [0.25, 0.3) is 0 Å². The molecule has 1 amide bonds. The van der Waals surface area contributed by atoms with Gasteiger partial charge in [0.1, 0.15) is 5.82 Å². The van der Waals surface area contributed by atoms with E-state index in [-0.39, 0.29) is 31.5 Å². The summed E-state index contributed by atoms with van der Waals surface area (Å²) in [6.07, 6.45) is 2.19. The van der Waals surface area contributed by atoms with E-state index in [0.29, 0.717) is 41.3 Å². The van der Waals surface area contributed by atoms with Crippen molar-refractivity contribution in [2.24, 2.45) is 0 Å². The van der Waals surface area contributed by atoms with Gasteiger partial charge in [0.15, 0.2) is 0 Å². The van der Waals surface area contributed by atoms with Gasteiger partial charge >= 0.3 is 11.9 Å². The van der Waals surface area contributed by atoms with E-state index in [2.05, 4.69) is 16.0 Å². The van der Waals surface area contributed by atoms with E-state index < -0.39 is 29.5 Å². The van der Waals surface area contributed by atoms with Crippen LogP contribution in [0, 0.1) is 5.82 Å². The van der Waals surface area contributed by atoms with Gasteiger partial charge in [-0.2, -0.15) is 0 Å². The van der Waals surface area contributed by atoms with Crippen molar-refractivity contribution in [2.45, 2.75) is 51.4 Å². The van der Waals surface area contributed by atoms with Crippen molar-refractivity contribution in [2.75, 3.05) is 25.0 Å². The van der Waals surface area contributed by atoms with Crippen LogP contribution in [0.3, 0.4) is 0 Å². The third-order valence-corrected chi connectivity index (χ3v) is 6.55. The number of carbonyl (C=O) groups is 3. The molecule has 192 valence electrons. The van der Waals surface area contributed by atoms with Crippen LogP contribution < -0.4 is 16.0 Å². The lowest BCUT2D eigenvalue weighted by atomic mass is 9.96. The molecular formula is C26H29ClFN3O5. The lowest BCUT2D eigenvalue weighted by molar-refractivity contribution is -0.225. The lowest BCUT2D eigenvalue weighted by Gasteiger charge is -2.32. The fraction of sp³-hybridized carbons (Fsp3) is 0.423. The molecule has 0 bridgehead atoms. The second-order valence-electron chi connectivity index (χ2n) is 8.85. The Morgan fingerprint density at radius 3 is 2.58 bits per heavy atom. The Balaban J connectivity index is 1.58. The van der Waals surface area contributed by atoms with Crippen LogP contribution >= 0.6 is 11.6 Å². The maximum atomic E-state index is 14.7. The molecule has 2 aliphatic rings. The minimum Gasteiger partial charge on any atom is -0.416 e. The van der Waals surface area contributed by atoms with Crippen molar-refractivity contribution < 1.29 is 28.2 Å². The highest BCUT2D eigenvalue weighted by molar-refractivity contribution is 6.33. The van der Waals surface area contributed by atoms with Gasteiger partial charge < -0.3 is 25.4 Å². The first kappa shape index (κ1) is 25.9. The largest absolute Gasteiger partial charge is 0.416 e. The van der Waals surface area contributed by atoms with Crippen LogP contribution in [0.1, 0.15) is 59.7 Å². The van der Waals surface area contributed by atoms with Gasteiger partial charge in [-0.15, -0.1) is 0 Å². The number of fused-ring (bicyclic) bond motifs is 2. The van der Waals surface area contributed by atoms with Crippen LogP contribution in [0.4, 0.5) is 10.1 Å². The first-order chi connectivity index (χ1) is 17.3. The molecule has 2 aromatic rings. The average molecular weight is 518 g/mol. The fourth-order valence-corrected chi connectivity index (χ4v) is 4.63. The number of rotatable bonds is 7. The monoisotopic (exact) mass is 517 g/mol. The molecule has 3 N–H and O–H groups in total. The molecule has 8 nitrogen and oxygen atoms in total. The summed E-state index contributed by atoms with van der Waals surface area (Å²) in [6.45, 7) is 3.39. The summed E-state index contributed by atoms with van der Waals surface area (Å²) < 4.78 is 26.0. The van der Waals surface area contributed by atoms with Crippen molar-refractivity contribution >= 4 is 35.1 Å². The molecule has 10 heteroatoms. The summed E-state index contributed by atoms with van der Waals surface area (Å²) in [6, 6.07) is 7.80. The third kappa shape index (κ3) is 5.63. The zero-order valence-electron chi connectivity index (χ0n) is 20.0. The van der Waals surface area contributed by atoms with Crippen molar-refractivity contribution in [3.8, 4) is 0 Å². The van der Waals surface area contributed by atoms with Gasteiger partial charge in [-0.1, -0.05) is 31.0 Å². The van der Waals surface area contributed by atoms with Gasteiger partial charge in [0.25, 0.3) is 11.7 Å². The number of unbranched alkanes of at least 4 members (excludes halogenated alkanes) is 1. The molecule has 0 aliphatic carbocycles. The number of carbonyl (C=O) groups excluding carboxylic acids is 3. The van der Waals surface area contributed by atoms with Gasteiger partial charge in [-0.3, -0.25) is 14.4 Å². The lowest BCUT2D eigenvalue weighted by Crippen LogP contribution is -2.43. The zero-order chi connectivity index (χ0) is 25.7. The zero-order valence-corrected chi connectivity index (χ0v) is 20.8. The number of ether oxygens (including phenoxy) is 2. The molecule has 1 spiro atoms. The van der Waals surface area contributed by atoms with E-state index in [1.54, 1.807) is 18.2 Å². The Kier molecular flexibility index (Phi) is 8.11. The van der Waals surface area contributed by atoms with Crippen LogP contribution in [-0.2, 0) is 37.8 Å². The molecule has 1 saturated heterocycles. The molecule has 2 heterocycles. The smallest absolute Gasteiger partial charge is 0.309 e. The first-order valence-electron chi connectivity index (χ1n) is 12.1. The van der Waals surface area contributed by atoms with Crippen LogP contribution in [-0.4, -0.2) is 37.5 Å². The molecule has 2 aromatic carbocycles. The highest BCUT2D eigenvalue weighted by Crippen LogP contribution is 2.40. The Hall–Kier alpha value is -3.17. The van der Waals surface area contributed by atoms with Crippen LogP contribution in [0.2, 0.25) is 5.02 Å². The number of esters is 2. The van der Waals surface area contributed by atoms with E-state index in [1.165, 1.54) is 12.1 Å². The number of hydrogen-bond acceptors (Lipinski definition) is 7. The minimum atomic E-state index is -1.59. The van der Waals surface area contributed by atoms with Gasteiger partial charge in [-0.05, 0) is 54.8 Å². The summed E-state index contributed by atoms with van der Waals surface area (Å²) in [5, 5.41) is 9.56. The SMILES string of the molecule is CCCCNC(=O)c1ccc(CNc2c(Cl)ccc3c2CCNCC32OC(=O)CCC(=O)O2)cc1F. The van der Waals surface area contributed by atoms with Crippen LogP contribution in [0.15, 0.2) is 30.3 Å². The second-order valence-corrected chi connectivity index (χ2v) is 9.26. The summed E-state index contributed by atoms with van der Waals surface area (Å²) >= 11 is 6.53. The van der Waals surface area contributed by atoms with Gasteiger partial charge in [0.05, 0.1) is 35.7 Å². The van der Waals surface area contributed by atoms with Gasteiger partial charge in [0.2, 0.25) is 0 Å². The summed E-state index contributed by atoms with van der Waals surface area (Å²) in [7, 11) is 0. The summed E-state index contributed by atoms with van der Waals surface area (Å²) in [5.74, 6) is -3.68. The topological polar surface area (TPSA) is 106 Å². The molecule has 0 saturated carbocycles. The molecular weight excluding hydrogens is 489 g/mol. The number of anilines is 1. The Labute approximate surface area is 213 Å². The highest BCUT2D eigenvalue weighted by Gasteiger charge is 2.46. The van der Waals surface area contributed by atoms with E-state index in [1.807, 2.05) is 6.92 Å². The Morgan fingerprint density at radius 2 is 1.89 bits per heavy atom. The summed E-state index contributed by atoms with van der Waals surface area (Å²) in [4.78, 5) is 36.8. The predicted octanol–water partition coefficient (Wildman–Crippen LogP) is 3.80. The normalized spacial score (nSPS) is 16.9. The van der Waals surface area contributed by atoms with Crippen LogP contribution in [0.5, 0.6) is 0 Å². The molecule has 0 aromatic heterocycles. The van der Waals surface area contributed by atoms with Crippen molar-refractivity contribution in [3.05, 3.63) is 63.4 Å². The number of nitrogens with one attached hydrogen (secondary N) is 3. The Morgan fingerprint density at radius 1 is 1.14 bits per heavy atom. The number of amides is 1. The molecule has 0 atom stereocenters. The van der Waals surface area contributed by atoms with Crippen molar-refractivity contribution in [1.82, 2.24) is 10.6 Å². The fourth-order valence-electron chi connectivity index (χ4n) is 4.38. The number of hydrogen-bond donors (Lipinski definition) is 3. The van der Waals surface area contributed by atoms with E-state index in [9.17, 15) is 18.8 Å².